The minimum atomic E-state index is -0.291. The van der Waals surface area contributed by atoms with E-state index in [1.165, 1.54) is 17.0 Å². The summed E-state index contributed by atoms with van der Waals surface area (Å²) in [7, 11) is 2.13. The fourth-order valence-corrected chi connectivity index (χ4v) is 3.40. The third kappa shape index (κ3) is 2.34. The molecule has 23 heavy (non-hydrogen) atoms. The van der Waals surface area contributed by atoms with Crippen molar-refractivity contribution in [1.29, 1.82) is 0 Å². The van der Waals surface area contributed by atoms with Crippen LogP contribution < -0.4 is 5.32 Å². The summed E-state index contributed by atoms with van der Waals surface area (Å²) in [5.41, 5.74) is 4.48. The van der Waals surface area contributed by atoms with Gasteiger partial charge >= 0.3 is 0 Å². The van der Waals surface area contributed by atoms with Crippen molar-refractivity contribution < 1.29 is 0 Å². The van der Waals surface area contributed by atoms with Crippen LogP contribution in [0.2, 0.25) is 0 Å². The summed E-state index contributed by atoms with van der Waals surface area (Å²) in [6, 6.07) is 12.8. The molecule has 1 aromatic heterocycles. The largest absolute Gasteiger partial charge is 0.360 e. The van der Waals surface area contributed by atoms with Gasteiger partial charge in [0.25, 0.3) is 0 Å². The Morgan fingerprint density at radius 2 is 1.78 bits per heavy atom. The Hall–Kier alpha value is -2.49. The smallest absolute Gasteiger partial charge is 0.152 e. The number of amidine groups is 1. The van der Waals surface area contributed by atoms with E-state index in [0.29, 0.717) is 0 Å². The molecule has 0 unspecified atom stereocenters. The molecule has 2 aliphatic heterocycles. The monoisotopic (exact) mass is 306 g/mol. The molecule has 0 fully saturated rings. The Balaban J connectivity index is 1.86. The summed E-state index contributed by atoms with van der Waals surface area (Å²) in [5.74, 6) is 1.08. The van der Waals surface area contributed by atoms with E-state index in [-0.39, 0.29) is 5.66 Å². The van der Waals surface area contributed by atoms with Gasteiger partial charge in [-0.15, -0.1) is 0 Å². The molecule has 0 atom stereocenters. The molecular formula is C19H22N4. The lowest BCUT2D eigenvalue weighted by atomic mass is 10.1. The van der Waals surface area contributed by atoms with Crippen molar-refractivity contribution >= 4 is 11.5 Å². The maximum absolute atomic E-state index is 4.98. The summed E-state index contributed by atoms with van der Waals surface area (Å²) >= 11 is 0. The first-order chi connectivity index (χ1) is 11.1. The summed E-state index contributed by atoms with van der Waals surface area (Å²) in [4.78, 5) is 7.31. The van der Waals surface area contributed by atoms with Crippen molar-refractivity contribution in [1.82, 2.24) is 9.47 Å². The van der Waals surface area contributed by atoms with Crippen LogP contribution in [0.1, 0.15) is 19.5 Å². The SMILES string of the molecule is Cn1c(-c2ccccc2)cc2c1C(N1CC=CC1)=NC(C)(C)N2. The first kappa shape index (κ1) is 14.1. The van der Waals surface area contributed by atoms with Crippen molar-refractivity contribution in [2.45, 2.75) is 19.5 Å². The summed E-state index contributed by atoms with van der Waals surface area (Å²) < 4.78 is 2.25. The lowest BCUT2D eigenvalue weighted by Crippen LogP contribution is -2.41. The second-order valence-corrected chi connectivity index (χ2v) is 6.71. The number of fused-ring (bicyclic) bond motifs is 1. The molecule has 0 saturated heterocycles. The van der Waals surface area contributed by atoms with E-state index in [9.17, 15) is 0 Å². The van der Waals surface area contributed by atoms with Gasteiger partial charge in [-0.2, -0.15) is 0 Å². The van der Waals surface area contributed by atoms with Gasteiger partial charge in [-0.05, 0) is 25.5 Å². The maximum atomic E-state index is 4.98. The minimum absolute atomic E-state index is 0.291. The second kappa shape index (κ2) is 5.01. The van der Waals surface area contributed by atoms with Crippen molar-refractivity contribution in [2.75, 3.05) is 18.4 Å². The van der Waals surface area contributed by atoms with Crippen LogP contribution >= 0.6 is 0 Å². The molecule has 4 nitrogen and oxygen atoms in total. The van der Waals surface area contributed by atoms with Crippen LogP contribution in [0.4, 0.5) is 5.69 Å². The van der Waals surface area contributed by atoms with E-state index in [1.54, 1.807) is 0 Å². The molecular weight excluding hydrogens is 284 g/mol. The average Bonchev–Trinajstić information content (AvgIpc) is 3.15. The van der Waals surface area contributed by atoms with E-state index < -0.39 is 0 Å². The topological polar surface area (TPSA) is 32.6 Å². The van der Waals surface area contributed by atoms with Crippen LogP contribution in [-0.4, -0.2) is 34.1 Å². The number of aliphatic imine (C=N–C) groups is 1. The minimum Gasteiger partial charge on any atom is -0.360 e. The molecule has 3 heterocycles. The highest BCUT2D eigenvalue weighted by Crippen LogP contribution is 2.35. The molecule has 118 valence electrons. The van der Waals surface area contributed by atoms with Crippen molar-refractivity contribution in [3.05, 3.63) is 54.2 Å². The predicted molar refractivity (Wildman–Crippen MR) is 95.8 cm³/mol. The molecule has 0 bridgehead atoms. The highest BCUT2D eigenvalue weighted by molar-refractivity contribution is 6.05. The third-order valence-electron chi connectivity index (χ3n) is 4.46. The summed E-state index contributed by atoms with van der Waals surface area (Å²) in [5, 5.41) is 3.57. The highest BCUT2D eigenvalue weighted by atomic mass is 15.3. The summed E-state index contributed by atoms with van der Waals surface area (Å²) in [6.07, 6.45) is 4.41. The Morgan fingerprint density at radius 3 is 2.48 bits per heavy atom. The van der Waals surface area contributed by atoms with E-state index in [1.807, 2.05) is 0 Å². The first-order valence-corrected chi connectivity index (χ1v) is 8.09. The molecule has 2 aliphatic rings. The lowest BCUT2D eigenvalue weighted by molar-refractivity contribution is 0.504. The van der Waals surface area contributed by atoms with E-state index >= 15 is 0 Å². The predicted octanol–water partition coefficient (Wildman–Crippen LogP) is 3.47. The molecule has 0 saturated carbocycles. The molecule has 1 aromatic carbocycles. The summed E-state index contributed by atoms with van der Waals surface area (Å²) in [6.45, 7) is 6.10. The fraction of sp³-hybridized carbons (Fsp3) is 0.316. The number of nitrogens with zero attached hydrogens (tertiary/aromatic N) is 3. The molecule has 0 spiro atoms. The van der Waals surface area contributed by atoms with Crippen LogP contribution in [0.5, 0.6) is 0 Å². The van der Waals surface area contributed by atoms with Gasteiger partial charge < -0.3 is 14.8 Å². The maximum Gasteiger partial charge on any atom is 0.152 e. The zero-order valence-electron chi connectivity index (χ0n) is 13.9. The van der Waals surface area contributed by atoms with E-state index in [2.05, 4.69) is 84.2 Å². The van der Waals surface area contributed by atoms with Crippen LogP contribution in [-0.2, 0) is 7.05 Å². The molecule has 1 N–H and O–H groups in total. The van der Waals surface area contributed by atoms with Gasteiger partial charge in [-0.1, -0.05) is 42.5 Å². The van der Waals surface area contributed by atoms with Crippen molar-refractivity contribution in [3.63, 3.8) is 0 Å². The second-order valence-electron chi connectivity index (χ2n) is 6.71. The van der Waals surface area contributed by atoms with E-state index in [4.69, 9.17) is 4.99 Å². The molecule has 0 aliphatic carbocycles. The normalized spacial score (nSPS) is 18.6. The fourth-order valence-electron chi connectivity index (χ4n) is 3.40. The number of nitrogens with one attached hydrogen (secondary N) is 1. The zero-order valence-corrected chi connectivity index (χ0v) is 13.9. The number of hydrogen-bond donors (Lipinski definition) is 1. The number of aromatic nitrogens is 1. The van der Waals surface area contributed by atoms with Crippen LogP contribution in [0.25, 0.3) is 11.3 Å². The molecule has 4 heteroatoms. The quantitative estimate of drug-likeness (QED) is 0.818. The van der Waals surface area contributed by atoms with Crippen molar-refractivity contribution in [2.24, 2.45) is 12.0 Å². The Morgan fingerprint density at radius 1 is 1.09 bits per heavy atom. The number of rotatable bonds is 1. The standard InChI is InChI=1S/C19H22N4/c1-19(2)20-15-13-16(14-9-5-4-6-10-14)22(3)17(15)18(21-19)23-11-7-8-12-23/h4-10,13,20H,11-12H2,1-3H3. The highest BCUT2D eigenvalue weighted by Gasteiger charge is 2.32. The number of anilines is 1. The van der Waals surface area contributed by atoms with E-state index in [0.717, 1.165) is 24.6 Å². The number of hydrogen-bond acceptors (Lipinski definition) is 3. The van der Waals surface area contributed by atoms with Gasteiger partial charge in [0.05, 0.1) is 11.4 Å². The third-order valence-corrected chi connectivity index (χ3v) is 4.46. The average molecular weight is 306 g/mol. The van der Waals surface area contributed by atoms with Gasteiger partial charge in [-0.25, -0.2) is 4.99 Å². The van der Waals surface area contributed by atoms with Gasteiger partial charge in [0.15, 0.2) is 5.84 Å². The van der Waals surface area contributed by atoms with Gasteiger partial charge in [0.1, 0.15) is 11.4 Å². The Kier molecular flexibility index (Phi) is 3.08. The van der Waals surface area contributed by atoms with Crippen LogP contribution in [0.15, 0.2) is 53.5 Å². The van der Waals surface area contributed by atoms with Crippen LogP contribution in [0.3, 0.4) is 0 Å². The Bertz CT molecular complexity index is 788. The molecule has 0 amide bonds. The lowest BCUT2D eigenvalue weighted by Gasteiger charge is -2.33. The van der Waals surface area contributed by atoms with Crippen LogP contribution in [0, 0.1) is 0 Å². The van der Waals surface area contributed by atoms with Gasteiger partial charge in [0, 0.05) is 20.1 Å². The molecule has 2 aromatic rings. The molecule has 0 radical (unpaired) electrons. The van der Waals surface area contributed by atoms with Crippen molar-refractivity contribution in [3.8, 4) is 11.3 Å². The van der Waals surface area contributed by atoms with Gasteiger partial charge in [-0.3, -0.25) is 0 Å². The Labute approximate surface area is 137 Å². The number of benzene rings is 1. The van der Waals surface area contributed by atoms with Gasteiger partial charge in [0.2, 0.25) is 0 Å². The first-order valence-electron chi connectivity index (χ1n) is 8.09. The molecule has 4 rings (SSSR count). The zero-order chi connectivity index (χ0) is 16.0.